The van der Waals surface area contributed by atoms with Crippen molar-refractivity contribution >= 4 is 27.8 Å². The van der Waals surface area contributed by atoms with E-state index in [4.69, 9.17) is 0 Å². The van der Waals surface area contributed by atoms with Crippen molar-refractivity contribution in [1.82, 2.24) is 19.6 Å². The van der Waals surface area contributed by atoms with E-state index in [1.54, 1.807) is 36.5 Å². The van der Waals surface area contributed by atoms with E-state index in [9.17, 15) is 26.4 Å². The van der Waals surface area contributed by atoms with Crippen LogP contribution in [0.5, 0.6) is 0 Å². The van der Waals surface area contributed by atoms with Gasteiger partial charge >= 0.3 is 6.03 Å². The van der Waals surface area contributed by atoms with Gasteiger partial charge in [-0.1, -0.05) is 68.4 Å². The monoisotopic (exact) mass is 588 g/mol. The van der Waals surface area contributed by atoms with Crippen molar-refractivity contribution in [2.45, 2.75) is 48.5 Å². The Morgan fingerprint density at radius 2 is 1.62 bits per heavy atom. The average molecular weight is 589 g/mol. The number of aromatic nitrogens is 2. The lowest BCUT2D eigenvalue weighted by Gasteiger charge is -2.14. The van der Waals surface area contributed by atoms with Crippen LogP contribution >= 0.6 is 11.8 Å². The number of alkyl halides is 2. The molecule has 0 radical (unpaired) electrons. The minimum atomic E-state index is -4.23. The predicted octanol–water partition coefficient (Wildman–Crippen LogP) is 6.36. The zero-order valence-corrected chi connectivity index (χ0v) is 23.3. The fourth-order valence-corrected chi connectivity index (χ4v) is 5.74. The summed E-state index contributed by atoms with van der Waals surface area (Å²) in [5, 5.41) is 2.71. The first-order valence-corrected chi connectivity index (χ1v) is 14.6. The highest BCUT2D eigenvalue weighted by molar-refractivity contribution is 7.99. The second kappa shape index (κ2) is 12.6. The molecule has 0 saturated heterocycles. The third-order valence-electron chi connectivity index (χ3n) is 5.90. The summed E-state index contributed by atoms with van der Waals surface area (Å²) in [6.07, 6.45) is 1.61. The Hall–Kier alpha value is -3.77. The summed E-state index contributed by atoms with van der Waals surface area (Å²) >= 11 is 0.401. The molecular weight excluding hydrogens is 561 g/mol. The van der Waals surface area contributed by atoms with Crippen LogP contribution in [0.25, 0.3) is 11.1 Å². The number of amides is 2. The molecule has 4 aromatic rings. The number of nitrogens with one attached hydrogen (secondary N) is 2. The van der Waals surface area contributed by atoms with Gasteiger partial charge in [0, 0.05) is 30.8 Å². The fraction of sp³-hybridized carbons (Fsp3) is 0.214. The summed E-state index contributed by atoms with van der Waals surface area (Å²) in [5.74, 6) is -2.26. The van der Waals surface area contributed by atoms with Crippen LogP contribution in [-0.2, 0) is 23.1 Å². The van der Waals surface area contributed by atoms with Crippen molar-refractivity contribution in [2.24, 2.45) is 0 Å². The van der Waals surface area contributed by atoms with Crippen LogP contribution in [0.1, 0.15) is 36.7 Å². The maximum absolute atomic E-state index is 13.1. The molecule has 2 N–H and O–H groups in total. The molecule has 0 aliphatic rings. The number of benzene rings is 3. The quantitative estimate of drug-likeness (QED) is 0.210. The lowest BCUT2D eigenvalue weighted by Crippen LogP contribution is -2.39. The molecular formula is C28H27F3N4O3S2. The molecule has 0 aliphatic heterocycles. The van der Waals surface area contributed by atoms with Gasteiger partial charge in [0.25, 0.3) is 15.8 Å². The molecule has 0 atom stereocenters. The standard InChI is InChI=1S/C28H27F3N4O3S2/c1-18(2)26-33-25(39-27(30)31)17-35(26)16-20-7-11-21(12-8-20)23-5-3-4-6-24(23)40(37,38)34-28(36)32-15-19-9-13-22(29)14-10-19/h3-14,17-18,27H,15-16H2,1-2H3,(H2,32,34,36). The van der Waals surface area contributed by atoms with E-state index in [0.717, 1.165) is 5.56 Å². The van der Waals surface area contributed by atoms with E-state index < -0.39 is 27.6 Å². The Balaban J connectivity index is 1.49. The van der Waals surface area contributed by atoms with Gasteiger partial charge < -0.3 is 9.88 Å². The third-order valence-corrected chi connectivity index (χ3v) is 7.90. The summed E-state index contributed by atoms with van der Waals surface area (Å²) in [4.78, 5) is 16.6. The Bertz CT molecular complexity index is 1570. The molecule has 0 aliphatic carbocycles. The summed E-state index contributed by atoms with van der Waals surface area (Å²) < 4.78 is 68.8. The molecule has 1 heterocycles. The highest BCUT2D eigenvalue weighted by Crippen LogP contribution is 2.29. The smallest absolute Gasteiger partial charge is 0.328 e. The van der Waals surface area contributed by atoms with E-state index in [2.05, 4.69) is 10.3 Å². The zero-order valence-electron chi connectivity index (χ0n) is 21.6. The number of halogens is 3. The number of rotatable bonds is 10. The largest absolute Gasteiger partial charge is 0.333 e. The first-order valence-electron chi connectivity index (χ1n) is 12.3. The van der Waals surface area contributed by atoms with Gasteiger partial charge in [-0.05, 0) is 46.7 Å². The number of hydrogen-bond donors (Lipinski definition) is 2. The van der Waals surface area contributed by atoms with Crippen LogP contribution in [0.2, 0.25) is 0 Å². The molecule has 0 spiro atoms. The van der Waals surface area contributed by atoms with Crippen LogP contribution in [0.4, 0.5) is 18.0 Å². The molecule has 0 bridgehead atoms. The van der Waals surface area contributed by atoms with Crippen LogP contribution in [0.15, 0.2) is 88.9 Å². The van der Waals surface area contributed by atoms with Crippen LogP contribution in [0.3, 0.4) is 0 Å². The molecule has 4 rings (SSSR count). The van der Waals surface area contributed by atoms with Crippen LogP contribution in [0, 0.1) is 5.82 Å². The second-order valence-corrected chi connectivity index (χ2v) is 11.9. The van der Waals surface area contributed by atoms with Gasteiger partial charge in [0.05, 0.1) is 4.90 Å². The van der Waals surface area contributed by atoms with Crippen LogP contribution < -0.4 is 10.0 Å². The zero-order chi connectivity index (χ0) is 28.9. The molecule has 0 unspecified atom stereocenters. The summed E-state index contributed by atoms with van der Waals surface area (Å²) in [5.41, 5.74) is 2.49. The van der Waals surface area contributed by atoms with E-state index >= 15 is 0 Å². The van der Waals surface area contributed by atoms with Gasteiger partial charge in [0.15, 0.2) is 0 Å². The first kappa shape index (κ1) is 29.2. The van der Waals surface area contributed by atoms with Gasteiger partial charge in [-0.2, -0.15) is 8.78 Å². The van der Waals surface area contributed by atoms with Crippen molar-refractivity contribution in [3.8, 4) is 11.1 Å². The molecule has 40 heavy (non-hydrogen) atoms. The van der Waals surface area contributed by atoms with E-state index in [-0.39, 0.29) is 22.4 Å². The molecule has 3 aromatic carbocycles. The van der Waals surface area contributed by atoms with Gasteiger partial charge in [-0.15, -0.1) is 0 Å². The summed E-state index contributed by atoms with van der Waals surface area (Å²) in [6.45, 7) is 4.29. The van der Waals surface area contributed by atoms with E-state index in [1.807, 2.05) is 35.3 Å². The minimum Gasteiger partial charge on any atom is -0.333 e. The fourth-order valence-electron chi connectivity index (χ4n) is 4.06. The highest BCUT2D eigenvalue weighted by Gasteiger charge is 2.22. The lowest BCUT2D eigenvalue weighted by molar-refractivity contribution is 0.245. The maximum Gasteiger partial charge on any atom is 0.328 e. The Morgan fingerprint density at radius 3 is 2.27 bits per heavy atom. The SMILES string of the molecule is CC(C)c1nc(SC(F)F)cn1Cc1ccc(-c2ccccc2S(=O)(=O)NC(=O)NCc2ccc(F)cc2)cc1. The molecule has 2 amide bonds. The minimum absolute atomic E-state index is 0.0164. The van der Waals surface area contributed by atoms with Crippen LogP contribution in [-0.4, -0.2) is 29.8 Å². The molecule has 210 valence electrons. The molecule has 0 fully saturated rings. The average Bonchev–Trinajstić information content (AvgIpc) is 3.30. The van der Waals surface area contributed by atoms with E-state index in [0.29, 0.717) is 40.8 Å². The van der Waals surface area contributed by atoms with Gasteiger partial charge in [-0.3, -0.25) is 0 Å². The Kier molecular flexibility index (Phi) is 9.21. The summed E-state index contributed by atoms with van der Waals surface area (Å²) in [6, 6.07) is 18.0. The lowest BCUT2D eigenvalue weighted by atomic mass is 10.0. The van der Waals surface area contributed by atoms with Crippen molar-refractivity contribution in [2.75, 3.05) is 0 Å². The number of urea groups is 1. The number of imidazole rings is 1. The van der Waals surface area contributed by atoms with E-state index in [1.165, 1.54) is 30.3 Å². The maximum atomic E-state index is 13.1. The molecule has 7 nitrogen and oxygen atoms in total. The highest BCUT2D eigenvalue weighted by atomic mass is 32.2. The number of thioether (sulfide) groups is 1. The van der Waals surface area contributed by atoms with Gasteiger partial charge in [0.2, 0.25) is 0 Å². The van der Waals surface area contributed by atoms with Crippen molar-refractivity contribution in [3.63, 3.8) is 0 Å². The third kappa shape index (κ3) is 7.45. The summed E-state index contributed by atoms with van der Waals surface area (Å²) in [7, 11) is -4.23. The van der Waals surface area contributed by atoms with Crippen molar-refractivity contribution in [3.05, 3.63) is 102 Å². The first-order chi connectivity index (χ1) is 19.0. The number of sulfonamides is 1. The number of carbonyl (C=O) groups is 1. The Labute approximate surface area is 234 Å². The molecule has 1 aromatic heterocycles. The topological polar surface area (TPSA) is 93.1 Å². The van der Waals surface area contributed by atoms with Crippen molar-refractivity contribution < 1.29 is 26.4 Å². The number of nitrogens with zero attached hydrogens (tertiary/aromatic N) is 2. The second-order valence-electron chi connectivity index (χ2n) is 9.21. The molecule has 12 heteroatoms. The number of carbonyl (C=O) groups excluding carboxylic acids is 1. The van der Waals surface area contributed by atoms with Gasteiger partial charge in [-0.25, -0.2) is 27.3 Å². The Morgan fingerprint density at radius 1 is 0.975 bits per heavy atom. The van der Waals surface area contributed by atoms with Crippen molar-refractivity contribution in [1.29, 1.82) is 0 Å². The van der Waals surface area contributed by atoms with Gasteiger partial charge in [0.1, 0.15) is 16.7 Å². The normalized spacial score (nSPS) is 11.7. The predicted molar refractivity (Wildman–Crippen MR) is 148 cm³/mol. The molecule has 0 saturated carbocycles. The number of hydrogen-bond acceptors (Lipinski definition) is 5.